The molecule has 0 radical (unpaired) electrons. The number of anilines is 2. The largest absolute Gasteiger partial charge is 0.339 e. The lowest BCUT2D eigenvalue weighted by Crippen LogP contribution is -1.98. The van der Waals surface area contributed by atoms with E-state index in [1.165, 1.54) is 0 Å². The summed E-state index contributed by atoms with van der Waals surface area (Å²) in [6.45, 7) is 2.05. The van der Waals surface area contributed by atoms with Crippen LogP contribution < -0.4 is 5.32 Å². The van der Waals surface area contributed by atoms with E-state index in [4.69, 9.17) is 11.6 Å². The Morgan fingerprint density at radius 3 is 2.53 bits per heavy atom. The molecule has 0 fully saturated rings. The summed E-state index contributed by atoms with van der Waals surface area (Å²) in [7, 11) is 0. The molecule has 1 aromatic heterocycles. The predicted molar refractivity (Wildman–Crippen MR) is 79.0 cm³/mol. The van der Waals surface area contributed by atoms with Gasteiger partial charge in [-0.1, -0.05) is 30.3 Å². The number of benzene rings is 2. The van der Waals surface area contributed by atoms with Crippen molar-refractivity contribution in [3.8, 4) is 0 Å². The van der Waals surface area contributed by atoms with Crippen LogP contribution in [0.2, 0.25) is 5.28 Å². The molecule has 0 aliphatic heterocycles. The van der Waals surface area contributed by atoms with E-state index in [9.17, 15) is 0 Å². The smallest absolute Gasteiger partial charge is 0.224 e. The predicted octanol–water partition coefficient (Wildman–Crippen LogP) is 4.34. The van der Waals surface area contributed by atoms with Crippen LogP contribution in [-0.2, 0) is 0 Å². The van der Waals surface area contributed by atoms with Crippen molar-refractivity contribution in [2.75, 3.05) is 5.32 Å². The standard InChI is InChI=1S/C15H12ClN3/c1-10-6-2-4-8-12(10)17-14-11-7-3-5-9-13(11)18-15(16)19-14/h2-9H,1H3,(H,17,18,19). The SMILES string of the molecule is Cc1ccccc1Nc1nc(Cl)nc2ccccc12. The van der Waals surface area contributed by atoms with E-state index in [1.54, 1.807) is 0 Å². The molecule has 3 rings (SSSR count). The molecule has 0 bridgehead atoms. The molecule has 0 atom stereocenters. The highest BCUT2D eigenvalue weighted by Crippen LogP contribution is 2.26. The van der Waals surface area contributed by atoms with Gasteiger partial charge in [-0.05, 0) is 42.3 Å². The summed E-state index contributed by atoms with van der Waals surface area (Å²) in [4.78, 5) is 8.50. The molecule has 0 spiro atoms. The fourth-order valence-corrected chi connectivity index (χ4v) is 2.16. The van der Waals surface area contributed by atoms with Crippen molar-refractivity contribution in [1.29, 1.82) is 0 Å². The van der Waals surface area contributed by atoms with E-state index in [0.717, 1.165) is 28.0 Å². The van der Waals surface area contributed by atoms with E-state index in [-0.39, 0.29) is 5.28 Å². The average molecular weight is 270 g/mol. The number of nitrogens with one attached hydrogen (secondary N) is 1. The van der Waals surface area contributed by atoms with Crippen molar-refractivity contribution in [3.63, 3.8) is 0 Å². The highest BCUT2D eigenvalue weighted by Gasteiger charge is 2.07. The van der Waals surface area contributed by atoms with Crippen molar-refractivity contribution < 1.29 is 0 Å². The maximum atomic E-state index is 5.97. The minimum Gasteiger partial charge on any atom is -0.339 e. The Hall–Kier alpha value is -2.13. The summed E-state index contributed by atoms with van der Waals surface area (Å²) >= 11 is 5.97. The van der Waals surface area contributed by atoms with Crippen molar-refractivity contribution in [2.45, 2.75) is 6.92 Å². The zero-order chi connectivity index (χ0) is 13.2. The first-order chi connectivity index (χ1) is 9.24. The monoisotopic (exact) mass is 269 g/mol. The van der Waals surface area contributed by atoms with E-state index >= 15 is 0 Å². The van der Waals surface area contributed by atoms with Crippen LogP contribution in [-0.4, -0.2) is 9.97 Å². The molecular formula is C15H12ClN3. The first-order valence-corrected chi connectivity index (χ1v) is 6.37. The van der Waals surface area contributed by atoms with Gasteiger partial charge < -0.3 is 5.32 Å². The Kier molecular flexibility index (Phi) is 3.05. The number of aromatic nitrogens is 2. The van der Waals surface area contributed by atoms with E-state index in [1.807, 2.05) is 55.5 Å². The van der Waals surface area contributed by atoms with Gasteiger partial charge in [-0.15, -0.1) is 0 Å². The normalized spacial score (nSPS) is 10.6. The van der Waals surface area contributed by atoms with Gasteiger partial charge in [0.1, 0.15) is 5.82 Å². The highest BCUT2D eigenvalue weighted by molar-refractivity contribution is 6.28. The third-order valence-electron chi connectivity index (χ3n) is 2.97. The number of hydrogen-bond acceptors (Lipinski definition) is 3. The zero-order valence-corrected chi connectivity index (χ0v) is 11.1. The summed E-state index contributed by atoms with van der Waals surface area (Å²) in [5, 5.41) is 4.52. The molecule has 19 heavy (non-hydrogen) atoms. The molecule has 2 aromatic carbocycles. The number of nitrogens with zero attached hydrogens (tertiary/aromatic N) is 2. The highest BCUT2D eigenvalue weighted by atomic mass is 35.5. The van der Waals surface area contributed by atoms with Gasteiger partial charge in [0.15, 0.2) is 0 Å². The Labute approximate surface area is 116 Å². The van der Waals surface area contributed by atoms with Crippen molar-refractivity contribution in [3.05, 3.63) is 59.4 Å². The van der Waals surface area contributed by atoms with E-state index in [2.05, 4.69) is 15.3 Å². The summed E-state index contributed by atoms with van der Waals surface area (Å²) in [5.41, 5.74) is 3.00. The van der Waals surface area contributed by atoms with Crippen LogP contribution in [0.4, 0.5) is 11.5 Å². The second-order valence-electron chi connectivity index (χ2n) is 4.30. The van der Waals surface area contributed by atoms with Crippen molar-refractivity contribution in [1.82, 2.24) is 9.97 Å². The van der Waals surface area contributed by atoms with Crippen LogP contribution >= 0.6 is 11.6 Å². The van der Waals surface area contributed by atoms with E-state index in [0.29, 0.717) is 0 Å². The number of fused-ring (bicyclic) bond motifs is 1. The average Bonchev–Trinajstić information content (AvgIpc) is 2.41. The van der Waals surface area contributed by atoms with Crippen LogP contribution in [0, 0.1) is 6.92 Å². The fourth-order valence-electron chi connectivity index (χ4n) is 1.98. The number of para-hydroxylation sites is 2. The number of hydrogen-bond donors (Lipinski definition) is 1. The van der Waals surface area contributed by atoms with Gasteiger partial charge in [-0.2, -0.15) is 4.98 Å². The third-order valence-corrected chi connectivity index (χ3v) is 3.14. The minimum absolute atomic E-state index is 0.245. The molecule has 4 heteroatoms. The molecule has 0 saturated heterocycles. The molecular weight excluding hydrogens is 258 g/mol. The van der Waals surface area contributed by atoms with Gasteiger partial charge in [0, 0.05) is 11.1 Å². The molecule has 0 aliphatic carbocycles. The van der Waals surface area contributed by atoms with Crippen LogP contribution in [0.5, 0.6) is 0 Å². The van der Waals surface area contributed by atoms with Crippen LogP contribution in [0.25, 0.3) is 10.9 Å². The molecule has 0 saturated carbocycles. The van der Waals surface area contributed by atoms with E-state index < -0.39 is 0 Å². The van der Waals surface area contributed by atoms with Crippen LogP contribution in [0.15, 0.2) is 48.5 Å². The van der Waals surface area contributed by atoms with Gasteiger partial charge in [0.2, 0.25) is 5.28 Å². The lowest BCUT2D eigenvalue weighted by atomic mass is 10.2. The summed E-state index contributed by atoms with van der Waals surface area (Å²) in [6, 6.07) is 15.9. The number of rotatable bonds is 2. The molecule has 94 valence electrons. The lowest BCUT2D eigenvalue weighted by Gasteiger charge is -2.10. The summed E-state index contributed by atoms with van der Waals surface area (Å²) in [6.07, 6.45) is 0. The molecule has 0 amide bonds. The van der Waals surface area contributed by atoms with Crippen LogP contribution in [0.3, 0.4) is 0 Å². The van der Waals surface area contributed by atoms with Gasteiger partial charge in [-0.25, -0.2) is 4.98 Å². The number of halogens is 1. The molecule has 1 N–H and O–H groups in total. The molecule has 0 aliphatic rings. The molecule has 1 heterocycles. The third kappa shape index (κ3) is 2.37. The Bertz CT molecular complexity index is 740. The van der Waals surface area contributed by atoms with Crippen LogP contribution in [0.1, 0.15) is 5.56 Å². The maximum absolute atomic E-state index is 5.97. The Morgan fingerprint density at radius 1 is 0.947 bits per heavy atom. The maximum Gasteiger partial charge on any atom is 0.224 e. The van der Waals surface area contributed by atoms with Gasteiger partial charge >= 0.3 is 0 Å². The molecule has 3 nitrogen and oxygen atoms in total. The van der Waals surface area contributed by atoms with Gasteiger partial charge in [0.25, 0.3) is 0 Å². The Morgan fingerprint density at radius 2 is 1.68 bits per heavy atom. The second kappa shape index (κ2) is 4.86. The van der Waals surface area contributed by atoms with Gasteiger partial charge in [0.05, 0.1) is 5.52 Å². The Balaban J connectivity index is 2.13. The second-order valence-corrected chi connectivity index (χ2v) is 4.64. The first-order valence-electron chi connectivity index (χ1n) is 5.99. The fraction of sp³-hybridized carbons (Fsp3) is 0.0667. The lowest BCUT2D eigenvalue weighted by molar-refractivity contribution is 1.21. The quantitative estimate of drug-likeness (QED) is 0.704. The molecule has 0 unspecified atom stereocenters. The zero-order valence-electron chi connectivity index (χ0n) is 10.4. The summed E-state index contributed by atoms with van der Waals surface area (Å²) in [5.74, 6) is 0.727. The minimum atomic E-state index is 0.245. The van der Waals surface area contributed by atoms with Crippen molar-refractivity contribution in [2.24, 2.45) is 0 Å². The molecule has 3 aromatic rings. The van der Waals surface area contributed by atoms with Crippen molar-refractivity contribution >= 4 is 34.0 Å². The van der Waals surface area contributed by atoms with Gasteiger partial charge in [-0.3, -0.25) is 0 Å². The topological polar surface area (TPSA) is 37.8 Å². The first kappa shape index (κ1) is 11.9. The summed E-state index contributed by atoms with van der Waals surface area (Å²) < 4.78 is 0. The number of aryl methyl sites for hydroxylation is 1.